The van der Waals surface area contributed by atoms with Gasteiger partial charge in [0, 0.05) is 4.88 Å². The number of esters is 1. The van der Waals surface area contributed by atoms with Crippen LogP contribution in [-0.4, -0.2) is 15.9 Å². The molecule has 5 nitrogen and oxygen atoms in total. The Hall–Kier alpha value is -1.69. The summed E-state index contributed by atoms with van der Waals surface area (Å²) < 4.78 is 5.17. The van der Waals surface area contributed by atoms with Crippen molar-refractivity contribution in [3.8, 4) is 0 Å². The van der Waals surface area contributed by atoms with Crippen molar-refractivity contribution >= 4 is 27.5 Å². The second-order valence-corrected chi connectivity index (χ2v) is 6.52. The molecule has 1 N–H and O–H groups in total. The Morgan fingerprint density at radius 3 is 3.05 bits per heavy atom. The van der Waals surface area contributed by atoms with E-state index in [0.29, 0.717) is 5.82 Å². The Bertz CT molecular complexity index is 758. The van der Waals surface area contributed by atoms with Crippen molar-refractivity contribution in [1.29, 1.82) is 0 Å². The largest absolute Gasteiger partial charge is 0.457 e. The number of thiophene rings is 1. The summed E-state index contributed by atoms with van der Waals surface area (Å²) in [7, 11) is 0. The predicted molar refractivity (Wildman–Crippen MR) is 74.8 cm³/mol. The monoisotopic (exact) mass is 290 g/mol. The van der Waals surface area contributed by atoms with E-state index in [-0.39, 0.29) is 24.1 Å². The van der Waals surface area contributed by atoms with Crippen LogP contribution in [0.25, 0.3) is 10.2 Å². The number of H-pyrrole nitrogens is 1. The number of ether oxygens (including phenoxy) is 1. The molecule has 0 atom stereocenters. The number of aromatic amines is 1. The summed E-state index contributed by atoms with van der Waals surface area (Å²) in [4.78, 5) is 32.9. The molecule has 0 bridgehead atoms. The molecule has 0 aromatic carbocycles. The number of rotatable bonds is 3. The lowest BCUT2D eigenvalue weighted by molar-refractivity contribution is -0.146. The van der Waals surface area contributed by atoms with E-state index in [1.165, 1.54) is 10.4 Å². The van der Waals surface area contributed by atoms with Crippen molar-refractivity contribution in [2.45, 2.75) is 38.7 Å². The van der Waals surface area contributed by atoms with Crippen LogP contribution in [0.1, 0.15) is 35.5 Å². The molecular weight excluding hydrogens is 276 g/mol. The Labute approximate surface area is 119 Å². The number of carbonyl (C=O) groups is 1. The maximum atomic E-state index is 12.2. The number of aromatic nitrogens is 2. The van der Waals surface area contributed by atoms with Gasteiger partial charge in [-0.3, -0.25) is 9.59 Å². The summed E-state index contributed by atoms with van der Waals surface area (Å²) >= 11 is 1.60. The van der Waals surface area contributed by atoms with E-state index in [2.05, 4.69) is 9.97 Å². The van der Waals surface area contributed by atoms with Gasteiger partial charge >= 0.3 is 5.97 Å². The summed E-state index contributed by atoms with van der Waals surface area (Å²) in [5.74, 6) is 0.328. The first-order valence-electron chi connectivity index (χ1n) is 6.92. The highest BCUT2D eigenvalue weighted by Crippen LogP contribution is 2.34. The van der Waals surface area contributed by atoms with Crippen LogP contribution in [0.5, 0.6) is 0 Å². The standard InChI is InChI=1S/C14H14N2O3S/c17-12-11-8-2-1-3-9(8)20-13(11)16-10(15-12)6-19-14(18)7-4-5-7/h7H,1-6H2,(H,15,16,17). The lowest BCUT2D eigenvalue weighted by Crippen LogP contribution is -2.14. The molecule has 0 radical (unpaired) electrons. The van der Waals surface area contributed by atoms with Crippen LogP contribution in [-0.2, 0) is 29.0 Å². The summed E-state index contributed by atoms with van der Waals surface area (Å²) in [6, 6.07) is 0. The average Bonchev–Trinajstić information content (AvgIpc) is 3.07. The number of nitrogens with zero attached hydrogens (tertiary/aromatic N) is 1. The molecule has 104 valence electrons. The van der Waals surface area contributed by atoms with Crippen molar-refractivity contribution in [2.24, 2.45) is 5.92 Å². The number of hydrogen-bond acceptors (Lipinski definition) is 5. The molecule has 20 heavy (non-hydrogen) atoms. The predicted octanol–water partition coefficient (Wildman–Crippen LogP) is 1.93. The smallest absolute Gasteiger partial charge is 0.309 e. The van der Waals surface area contributed by atoms with Crippen LogP contribution in [0.3, 0.4) is 0 Å². The number of hydrogen-bond donors (Lipinski definition) is 1. The Morgan fingerprint density at radius 2 is 2.25 bits per heavy atom. The van der Waals surface area contributed by atoms with E-state index in [4.69, 9.17) is 4.74 Å². The average molecular weight is 290 g/mol. The molecule has 2 aliphatic carbocycles. The van der Waals surface area contributed by atoms with E-state index in [9.17, 15) is 9.59 Å². The number of fused-ring (bicyclic) bond motifs is 3. The van der Waals surface area contributed by atoms with Crippen LogP contribution >= 0.6 is 11.3 Å². The van der Waals surface area contributed by atoms with Crippen LogP contribution in [0.15, 0.2) is 4.79 Å². The van der Waals surface area contributed by atoms with Crippen LogP contribution in [0, 0.1) is 5.92 Å². The molecule has 1 saturated carbocycles. The molecule has 0 saturated heterocycles. The van der Waals surface area contributed by atoms with E-state index in [1.807, 2.05) is 0 Å². The van der Waals surface area contributed by atoms with Crippen LogP contribution in [0.2, 0.25) is 0 Å². The van der Waals surface area contributed by atoms with Crippen molar-refractivity contribution in [3.63, 3.8) is 0 Å². The molecule has 0 spiro atoms. The zero-order valence-corrected chi connectivity index (χ0v) is 11.7. The van der Waals surface area contributed by atoms with Gasteiger partial charge in [-0.2, -0.15) is 0 Å². The van der Waals surface area contributed by atoms with Gasteiger partial charge in [-0.05, 0) is 37.7 Å². The van der Waals surface area contributed by atoms with E-state index >= 15 is 0 Å². The molecule has 1 fully saturated rings. The molecule has 6 heteroatoms. The lowest BCUT2D eigenvalue weighted by Gasteiger charge is -2.03. The fourth-order valence-corrected chi connectivity index (χ4v) is 3.97. The van der Waals surface area contributed by atoms with Gasteiger partial charge in [-0.25, -0.2) is 4.98 Å². The second-order valence-electron chi connectivity index (χ2n) is 5.43. The highest BCUT2D eigenvalue weighted by Gasteiger charge is 2.31. The number of nitrogens with one attached hydrogen (secondary N) is 1. The normalized spacial score (nSPS) is 17.4. The first-order valence-corrected chi connectivity index (χ1v) is 7.74. The minimum Gasteiger partial charge on any atom is -0.457 e. The van der Waals surface area contributed by atoms with Crippen molar-refractivity contribution in [1.82, 2.24) is 9.97 Å². The molecule has 2 heterocycles. The van der Waals surface area contributed by atoms with Gasteiger partial charge in [0.25, 0.3) is 5.56 Å². The highest BCUT2D eigenvalue weighted by atomic mass is 32.1. The lowest BCUT2D eigenvalue weighted by atomic mass is 10.2. The second kappa shape index (κ2) is 4.41. The van der Waals surface area contributed by atoms with Crippen LogP contribution < -0.4 is 5.56 Å². The summed E-state index contributed by atoms with van der Waals surface area (Å²) in [5, 5.41) is 0.736. The van der Waals surface area contributed by atoms with Gasteiger partial charge in [0.15, 0.2) is 0 Å². The molecule has 4 rings (SSSR count). The Balaban J connectivity index is 1.64. The molecule has 2 aromatic rings. The van der Waals surface area contributed by atoms with E-state index in [0.717, 1.165) is 42.3 Å². The zero-order chi connectivity index (χ0) is 13.7. The van der Waals surface area contributed by atoms with Gasteiger partial charge in [0.05, 0.1) is 11.3 Å². The maximum absolute atomic E-state index is 12.2. The summed E-state index contributed by atoms with van der Waals surface area (Å²) in [6.07, 6.45) is 4.97. The van der Waals surface area contributed by atoms with E-state index in [1.54, 1.807) is 11.3 Å². The molecule has 2 aromatic heterocycles. The van der Waals surface area contributed by atoms with Gasteiger partial charge in [0.1, 0.15) is 17.3 Å². The van der Waals surface area contributed by atoms with Crippen LogP contribution in [0.4, 0.5) is 0 Å². The third kappa shape index (κ3) is 1.95. The molecule has 0 aliphatic heterocycles. The fourth-order valence-electron chi connectivity index (χ4n) is 2.69. The Kier molecular flexibility index (Phi) is 2.66. The third-order valence-electron chi connectivity index (χ3n) is 3.89. The summed E-state index contributed by atoms with van der Waals surface area (Å²) in [6.45, 7) is 0.0586. The molecule has 0 unspecified atom stereocenters. The quantitative estimate of drug-likeness (QED) is 0.877. The van der Waals surface area contributed by atoms with Crippen molar-refractivity contribution in [2.75, 3.05) is 0 Å². The van der Waals surface area contributed by atoms with Crippen molar-refractivity contribution < 1.29 is 9.53 Å². The van der Waals surface area contributed by atoms with Gasteiger partial charge in [0.2, 0.25) is 0 Å². The van der Waals surface area contributed by atoms with Gasteiger partial charge in [-0.1, -0.05) is 0 Å². The third-order valence-corrected chi connectivity index (χ3v) is 5.07. The van der Waals surface area contributed by atoms with Gasteiger partial charge < -0.3 is 9.72 Å². The minimum atomic E-state index is -0.179. The molecule has 2 aliphatic rings. The van der Waals surface area contributed by atoms with Crippen molar-refractivity contribution in [3.05, 3.63) is 26.6 Å². The topological polar surface area (TPSA) is 72.0 Å². The maximum Gasteiger partial charge on any atom is 0.309 e. The molecule has 0 amide bonds. The molecular formula is C14H14N2O3S. The first-order chi connectivity index (χ1) is 9.72. The zero-order valence-electron chi connectivity index (χ0n) is 10.9. The SMILES string of the molecule is O=C(OCc1nc2sc3c(c2c(=O)[nH]1)CCC3)C1CC1. The first kappa shape index (κ1) is 12.1. The fraction of sp³-hybridized carbons (Fsp3) is 0.500. The van der Waals surface area contributed by atoms with Gasteiger partial charge in [-0.15, -0.1) is 11.3 Å². The van der Waals surface area contributed by atoms with E-state index < -0.39 is 0 Å². The summed E-state index contributed by atoms with van der Waals surface area (Å²) in [5.41, 5.74) is 1.06. The number of aryl methyl sites for hydroxylation is 2. The Morgan fingerprint density at radius 1 is 1.40 bits per heavy atom. The highest BCUT2D eigenvalue weighted by molar-refractivity contribution is 7.18. The minimum absolute atomic E-state index is 0.0586. The number of carbonyl (C=O) groups excluding carboxylic acids is 1.